The quantitative estimate of drug-likeness (QED) is 0.165. The summed E-state index contributed by atoms with van der Waals surface area (Å²) in [6.07, 6.45) is 0. The number of rotatable bonds is 4. The van der Waals surface area contributed by atoms with E-state index in [-0.39, 0.29) is 0 Å². The van der Waals surface area contributed by atoms with Crippen molar-refractivity contribution in [2.45, 2.75) is 0 Å². The topological polar surface area (TPSA) is 0 Å². The molecule has 0 heteroatoms. The first kappa shape index (κ1) is 29.0. The molecule has 0 spiro atoms. The summed E-state index contributed by atoms with van der Waals surface area (Å²) >= 11 is 0. The largest absolute Gasteiger partial charge is 0.0622 e. The van der Waals surface area contributed by atoms with E-state index in [4.69, 9.17) is 0 Å². The Hall–Kier alpha value is -6.76. The van der Waals surface area contributed by atoms with Crippen LogP contribution in [0.3, 0.4) is 0 Å². The molecule has 1 aliphatic rings. The van der Waals surface area contributed by atoms with Crippen LogP contribution in [0, 0.1) is 0 Å². The maximum atomic E-state index is 2.42. The van der Waals surface area contributed by atoms with Crippen LogP contribution >= 0.6 is 0 Å². The first-order valence-corrected chi connectivity index (χ1v) is 18.1. The highest BCUT2D eigenvalue weighted by molar-refractivity contribution is 6.26. The second-order valence-electron chi connectivity index (χ2n) is 14.0. The Morgan fingerprint density at radius 3 is 1.54 bits per heavy atom. The third kappa shape index (κ3) is 4.35. The van der Waals surface area contributed by atoms with Gasteiger partial charge in [-0.25, -0.2) is 0 Å². The smallest absolute Gasteiger partial charge is 0.00201 e. The first-order chi connectivity index (χ1) is 25.8. The summed E-state index contributed by atoms with van der Waals surface area (Å²) in [6.45, 7) is 0. The van der Waals surface area contributed by atoms with Crippen molar-refractivity contribution in [2.24, 2.45) is 0 Å². The van der Waals surface area contributed by atoms with E-state index in [1.54, 1.807) is 0 Å². The Kier molecular flexibility index (Phi) is 6.35. The SMILES string of the molecule is c1ccc(-c2ccc3c(-c4ccc5c6c(cccc46)-c4ccccc4-5)c4ccccc4c(-c4ccc(-c5ccc6ccccc6c5)cc4)c3c2)cc1. The van der Waals surface area contributed by atoms with Gasteiger partial charge < -0.3 is 0 Å². The Balaban J connectivity index is 1.18. The van der Waals surface area contributed by atoms with Crippen molar-refractivity contribution in [3.63, 3.8) is 0 Å². The van der Waals surface area contributed by atoms with Crippen LogP contribution in [0.4, 0.5) is 0 Å². The molecule has 0 atom stereocenters. The molecule has 0 amide bonds. The van der Waals surface area contributed by atoms with E-state index in [0.717, 1.165) is 0 Å². The van der Waals surface area contributed by atoms with Gasteiger partial charge in [0.2, 0.25) is 0 Å². The van der Waals surface area contributed by atoms with Crippen LogP contribution < -0.4 is 0 Å². The number of hydrogen-bond donors (Lipinski definition) is 0. The normalized spacial score (nSPS) is 11.8. The lowest BCUT2D eigenvalue weighted by atomic mass is 9.83. The van der Waals surface area contributed by atoms with Crippen molar-refractivity contribution in [3.8, 4) is 66.8 Å². The third-order valence-corrected chi connectivity index (χ3v) is 11.2. The average Bonchev–Trinajstić information content (AvgIpc) is 3.55. The highest BCUT2D eigenvalue weighted by Crippen LogP contribution is 2.52. The van der Waals surface area contributed by atoms with Gasteiger partial charge in [0.05, 0.1) is 0 Å². The van der Waals surface area contributed by atoms with Crippen LogP contribution in [0.2, 0.25) is 0 Å². The minimum absolute atomic E-state index is 1.22. The number of benzene rings is 10. The van der Waals surface area contributed by atoms with E-state index in [2.05, 4.69) is 194 Å². The fourth-order valence-corrected chi connectivity index (χ4v) is 8.81. The van der Waals surface area contributed by atoms with Gasteiger partial charge in [-0.2, -0.15) is 0 Å². The van der Waals surface area contributed by atoms with Crippen molar-refractivity contribution in [1.29, 1.82) is 0 Å². The molecule has 52 heavy (non-hydrogen) atoms. The minimum Gasteiger partial charge on any atom is -0.0622 e. The maximum Gasteiger partial charge on any atom is -0.00201 e. The van der Waals surface area contributed by atoms with E-state index in [9.17, 15) is 0 Å². The Bertz CT molecular complexity index is 3010. The van der Waals surface area contributed by atoms with Gasteiger partial charge in [0, 0.05) is 0 Å². The molecule has 1 aliphatic carbocycles. The molecule has 0 fully saturated rings. The second kappa shape index (κ2) is 11.4. The standard InChI is InChI=1S/C52H32/c1-2-11-33(12-3-1)39-27-28-48-49(32-39)50(36-24-21-35(22-25-36)38-26-23-34-13-4-5-14-37(34)31-38)43-17-8-9-18-44(43)52(48)47-30-29-46-41-16-7-6-15-40(41)42-19-10-20-45(47)51(42)46/h1-32H. The fourth-order valence-electron chi connectivity index (χ4n) is 8.81. The van der Waals surface area contributed by atoms with E-state index in [1.807, 2.05) is 0 Å². The molecule has 0 radical (unpaired) electrons. The van der Waals surface area contributed by atoms with Crippen LogP contribution in [-0.4, -0.2) is 0 Å². The number of hydrogen-bond acceptors (Lipinski definition) is 0. The van der Waals surface area contributed by atoms with Crippen molar-refractivity contribution in [1.82, 2.24) is 0 Å². The molecular weight excluding hydrogens is 625 g/mol. The highest BCUT2D eigenvalue weighted by atomic mass is 14.3. The summed E-state index contributed by atoms with van der Waals surface area (Å²) in [5, 5.41) is 10.2. The van der Waals surface area contributed by atoms with Gasteiger partial charge in [-0.05, 0) is 122 Å². The lowest BCUT2D eigenvalue weighted by Crippen LogP contribution is -1.93. The molecule has 11 rings (SSSR count). The zero-order chi connectivity index (χ0) is 34.2. The lowest BCUT2D eigenvalue weighted by Gasteiger charge is -2.20. The fraction of sp³-hybridized carbons (Fsp3) is 0. The van der Waals surface area contributed by atoms with Gasteiger partial charge in [-0.1, -0.05) is 182 Å². The summed E-state index contributed by atoms with van der Waals surface area (Å²) in [5.41, 5.74) is 15.3. The van der Waals surface area contributed by atoms with Crippen LogP contribution in [0.15, 0.2) is 194 Å². The third-order valence-electron chi connectivity index (χ3n) is 11.2. The first-order valence-electron chi connectivity index (χ1n) is 18.1. The van der Waals surface area contributed by atoms with Crippen LogP contribution in [-0.2, 0) is 0 Å². The van der Waals surface area contributed by atoms with Gasteiger partial charge in [-0.15, -0.1) is 0 Å². The molecule has 10 aromatic carbocycles. The molecule has 0 saturated heterocycles. The lowest BCUT2D eigenvalue weighted by molar-refractivity contribution is 1.62. The molecule has 0 bridgehead atoms. The molecule has 0 aliphatic heterocycles. The molecule has 10 aromatic rings. The maximum absolute atomic E-state index is 2.42. The van der Waals surface area contributed by atoms with Crippen molar-refractivity contribution in [3.05, 3.63) is 194 Å². The summed E-state index contributed by atoms with van der Waals surface area (Å²) < 4.78 is 0. The molecule has 0 nitrogen and oxygen atoms in total. The Morgan fingerprint density at radius 2 is 0.731 bits per heavy atom. The molecule has 0 heterocycles. The highest BCUT2D eigenvalue weighted by Gasteiger charge is 2.24. The Labute approximate surface area is 302 Å². The van der Waals surface area contributed by atoms with E-state index < -0.39 is 0 Å². The monoisotopic (exact) mass is 656 g/mol. The van der Waals surface area contributed by atoms with Gasteiger partial charge in [0.1, 0.15) is 0 Å². The second-order valence-corrected chi connectivity index (χ2v) is 14.0. The minimum atomic E-state index is 1.22. The van der Waals surface area contributed by atoms with Crippen LogP contribution in [0.25, 0.3) is 110 Å². The predicted octanol–water partition coefficient (Wildman–Crippen LogP) is 14.6. The van der Waals surface area contributed by atoms with Crippen LogP contribution in [0.5, 0.6) is 0 Å². The van der Waals surface area contributed by atoms with Gasteiger partial charge in [-0.3, -0.25) is 0 Å². The summed E-state index contributed by atoms with van der Waals surface area (Å²) in [7, 11) is 0. The molecule has 0 N–H and O–H groups in total. The predicted molar refractivity (Wildman–Crippen MR) is 223 cm³/mol. The van der Waals surface area contributed by atoms with Crippen molar-refractivity contribution < 1.29 is 0 Å². The van der Waals surface area contributed by atoms with Gasteiger partial charge in [0.15, 0.2) is 0 Å². The van der Waals surface area contributed by atoms with E-state index >= 15 is 0 Å². The molecule has 0 unspecified atom stereocenters. The van der Waals surface area contributed by atoms with Crippen LogP contribution in [0.1, 0.15) is 0 Å². The molecule has 0 aromatic heterocycles. The molecular formula is C52H32. The zero-order valence-corrected chi connectivity index (χ0v) is 28.5. The van der Waals surface area contributed by atoms with E-state index in [0.29, 0.717) is 0 Å². The summed E-state index contributed by atoms with van der Waals surface area (Å²) in [4.78, 5) is 0. The van der Waals surface area contributed by atoms with Crippen molar-refractivity contribution in [2.75, 3.05) is 0 Å². The average molecular weight is 657 g/mol. The molecule has 240 valence electrons. The van der Waals surface area contributed by atoms with E-state index in [1.165, 1.54) is 110 Å². The van der Waals surface area contributed by atoms with Gasteiger partial charge >= 0.3 is 0 Å². The van der Waals surface area contributed by atoms with Crippen molar-refractivity contribution >= 4 is 43.1 Å². The van der Waals surface area contributed by atoms with Gasteiger partial charge in [0.25, 0.3) is 0 Å². The summed E-state index contributed by atoms with van der Waals surface area (Å²) in [5.74, 6) is 0. The zero-order valence-electron chi connectivity index (χ0n) is 28.5. The summed E-state index contributed by atoms with van der Waals surface area (Å²) in [6, 6.07) is 71.8. The Morgan fingerprint density at radius 1 is 0.212 bits per heavy atom. The molecule has 0 saturated carbocycles. The number of fused-ring (bicyclic) bond motifs is 6.